The zero-order valence-electron chi connectivity index (χ0n) is 11.7. The van der Waals surface area contributed by atoms with E-state index >= 15 is 0 Å². The van der Waals surface area contributed by atoms with E-state index in [1.165, 1.54) is 30.5 Å². The normalized spacial score (nSPS) is 19.5. The fourth-order valence-electron chi connectivity index (χ4n) is 3.03. The summed E-state index contributed by atoms with van der Waals surface area (Å²) in [5.41, 5.74) is 1.11. The molecule has 1 aliphatic rings. The number of hydrogen-bond acceptors (Lipinski definition) is 2. The lowest BCUT2D eigenvalue weighted by Gasteiger charge is -2.32. The Balaban J connectivity index is 1.81. The van der Waals surface area contributed by atoms with Crippen LogP contribution in [0.15, 0.2) is 24.3 Å². The van der Waals surface area contributed by atoms with Crippen LogP contribution in [0.2, 0.25) is 0 Å². The van der Waals surface area contributed by atoms with Crippen LogP contribution in [0.5, 0.6) is 0 Å². The van der Waals surface area contributed by atoms with Crippen molar-refractivity contribution in [2.45, 2.75) is 57.0 Å². The van der Waals surface area contributed by atoms with Gasteiger partial charge in [-0.05, 0) is 50.3 Å². The third-order valence-electron chi connectivity index (χ3n) is 4.20. The van der Waals surface area contributed by atoms with Gasteiger partial charge in [0.05, 0.1) is 6.61 Å². The highest BCUT2D eigenvalue weighted by molar-refractivity contribution is 5.16. The lowest BCUT2D eigenvalue weighted by Crippen LogP contribution is -2.50. The second-order valence-corrected chi connectivity index (χ2v) is 5.86. The van der Waals surface area contributed by atoms with Crippen LogP contribution in [0, 0.1) is 5.82 Å². The first-order chi connectivity index (χ1) is 9.13. The molecule has 19 heavy (non-hydrogen) atoms. The topological polar surface area (TPSA) is 32.3 Å². The minimum absolute atomic E-state index is 0.0534. The number of hydrogen-bond donors (Lipinski definition) is 2. The van der Waals surface area contributed by atoms with Crippen LogP contribution in [0.4, 0.5) is 4.39 Å². The molecule has 0 bridgehead atoms. The number of aryl methyl sites for hydroxylation is 1. The van der Waals surface area contributed by atoms with Crippen molar-refractivity contribution in [1.29, 1.82) is 0 Å². The molecule has 0 aliphatic heterocycles. The molecule has 1 fully saturated rings. The van der Waals surface area contributed by atoms with Gasteiger partial charge >= 0.3 is 0 Å². The minimum Gasteiger partial charge on any atom is -0.394 e. The van der Waals surface area contributed by atoms with Crippen LogP contribution in [-0.2, 0) is 6.42 Å². The van der Waals surface area contributed by atoms with Crippen molar-refractivity contribution in [3.8, 4) is 0 Å². The van der Waals surface area contributed by atoms with Gasteiger partial charge in [0.25, 0.3) is 0 Å². The molecule has 2 nitrogen and oxygen atoms in total. The highest BCUT2D eigenvalue weighted by Crippen LogP contribution is 2.29. The molecule has 1 aliphatic carbocycles. The molecule has 1 unspecified atom stereocenters. The SMILES string of the molecule is CC(CCc1ccc(F)cc1)NC1(CO)CCCC1. The largest absolute Gasteiger partial charge is 0.394 e. The van der Waals surface area contributed by atoms with E-state index in [0.717, 1.165) is 25.7 Å². The van der Waals surface area contributed by atoms with Crippen LogP contribution in [0.3, 0.4) is 0 Å². The third kappa shape index (κ3) is 4.02. The molecule has 1 aromatic carbocycles. The summed E-state index contributed by atoms with van der Waals surface area (Å²) in [6.45, 7) is 2.40. The van der Waals surface area contributed by atoms with Crippen molar-refractivity contribution < 1.29 is 9.50 Å². The summed E-state index contributed by atoms with van der Waals surface area (Å²) >= 11 is 0. The van der Waals surface area contributed by atoms with Crippen LogP contribution >= 0.6 is 0 Å². The van der Waals surface area contributed by atoms with E-state index < -0.39 is 0 Å². The first kappa shape index (κ1) is 14.5. The molecule has 106 valence electrons. The molecular formula is C16H24FNO. The second-order valence-electron chi connectivity index (χ2n) is 5.86. The van der Waals surface area contributed by atoms with Crippen molar-refractivity contribution in [1.82, 2.24) is 5.32 Å². The third-order valence-corrected chi connectivity index (χ3v) is 4.20. The number of benzene rings is 1. The summed E-state index contributed by atoms with van der Waals surface area (Å²) in [4.78, 5) is 0. The van der Waals surface area contributed by atoms with Gasteiger partial charge in [-0.15, -0.1) is 0 Å². The van der Waals surface area contributed by atoms with Gasteiger partial charge in [-0.25, -0.2) is 4.39 Å². The van der Waals surface area contributed by atoms with E-state index in [-0.39, 0.29) is 18.0 Å². The zero-order chi connectivity index (χ0) is 13.7. The predicted molar refractivity (Wildman–Crippen MR) is 75.6 cm³/mol. The fourth-order valence-corrected chi connectivity index (χ4v) is 3.03. The van der Waals surface area contributed by atoms with Crippen molar-refractivity contribution in [3.05, 3.63) is 35.6 Å². The summed E-state index contributed by atoms with van der Waals surface area (Å²) in [5, 5.41) is 13.2. The molecule has 0 aromatic heterocycles. The Morgan fingerprint density at radius 2 is 1.89 bits per heavy atom. The van der Waals surface area contributed by atoms with Gasteiger partial charge in [-0.1, -0.05) is 25.0 Å². The van der Waals surface area contributed by atoms with E-state index in [1.807, 2.05) is 12.1 Å². The summed E-state index contributed by atoms with van der Waals surface area (Å²) in [5.74, 6) is -0.180. The highest BCUT2D eigenvalue weighted by atomic mass is 19.1. The van der Waals surface area contributed by atoms with Crippen molar-refractivity contribution in [2.75, 3.05) is 6.61 Å². The average molecular weight is 265 g/mol. The van der Waals surface area contributed by atoms with Gasteiger partial charge in [0, 0.05) is 11.6 Å². The first-order valence-corrected chi connectivity index (χ1v) is 7.27. The number of rotatable bonds is 6. The predicted octanol–water partition coefficient (Wildman–Crippen LogP) is 3.04. The Kier molecular flexibility index (Phi) is 4.94. The van der Waals surface area contributed by atoms with E-state index in [0.29, 0.717) is 6.04 Å². The van der Waals surface area contributed by atoms with Gasteiger partial charge in [0.15, 0.2) is 0 Å². The Bertz CT molecular complexity index is 384. The van der Waals surface area contributed by atoms with Gasteiger partial charge in [-0.3, -0.25) is 0 Å². The summed E-state index contributed by atoms with van der Waals surface area (Å²) in [7, 11) is 0. The zero-order valence-corrected chi connectivity index (χ0v) is 11.7. The standard InChI is InChI=1S/C16H24FNO/c1-13(18-16(12-19)10-2-3-11-16)4-5-14-6-8-15(17)9-7-14/h6-9,13,18-19H,2-5,10-12H2,1H3. The molecule has 0 heterocycles. The molecule has 0 spiro atoms. The van der Waals surface area contributed by atoms with E-state index in [1.54, 1.807) is 0 Å². The van der Waals surface area contributed by atoms with E-state index in [2.05, 4.69) is 12.2 Å². The summed E-state index contributed by atoms with van der Waals surface area (Å²) in [6.07, 6.45) is 6.51. The number of halogens is 1. The molecule has 2 N–H and O–H groups in total. The van der Waals surface area contributed by atoms with Gasteiger partial charge < -0.3 is 10.4 Å². The highest BCUT2D eigenvalue weighted by Gasteiger charge is 2.33. The quantitative estimate of drug-likeness (QED) is 0.828. The van der Waals surface area contributed by atoms with Gasteiger partial charge in [-0.2, -0.15) is 0 Å². The van der Waals surface area contributed by atoms with Crippen LogP contribution in [0.1, 0.15) is 44.6 Å². The fraction of sp³-hybridized carbons (Fsp3) is 0.625. The monoisotopic (exact) mass is 265 g/mol. The Hall–Kier alpha value is -0.930. The molecule has 2 rings (SSSR count). The smallest absolute Gasteiger partial charge is 0.123 e. The van der Waals surface area contributed by atoms with Crippen LogP contribution < -0.4 is 5.32 Å². The molecule has 1 aromatic rings. The van der Waals surface area contributed by atoms with Crippen molar-refractivity contribution >= 4 is 0 Å². The summed E-state index contributed by atoms with van der Waals surface area (Å²) in [6, 6.07) is 7.09. The molecule has 1 atom stereocenters. The number of aliphatic hydroxyl groups is 1. The lowest BCUT2D eigenvalue weighted by molar-refractivity contribution is 0.151. The lowest BCUT2D eigenvalue weighted by atomic mass is 9.96. The number of aliphatic hydroxyl groups excluding tert-OH is 1. The molecular weight excluding hydrogens is 241 g/mol. The Labute approximate surface area is 115 Å². The molecule has 3 heteroatoms. The van der Waals surface area contributed by atoms with Crippen LogP contribution in [-0.4, -0.2) is 23.3 Å². The Morgan fingerprint density at radius 3 is 2.47 bits per heavy atom. The van der Waals surface area contributed by atoms with Crippen molar-refractivity contribution in [3.63, 3.8) is 0 Å². The van der Waals surface area contributed by atoms with E-state index in [9.17, 15) is 9.50 Å². The maximum absolute atomic E-state index is 12.8. The molecule has 1 saturated carbocycles. The molecule has 0 radical (unpaired) electrons. The minimum atomic E-state index is -0.180. The van der Waals surface area contributed by atoms with Crippen molar-refractivity contribution in [2.24, 2.45) is 0 Å². The first-order valence-electron chi connectivity index (χ1n) is 7.27. The van der Waals surface area contributed by atoms with Crippen LogP contribution in [0.25, 0.3) is 0 Å². The summed E-state index contributed by atoms with van der Waals surface area (Å²) < 4.78 is 12.8. The maximum atomic E-state index is 12.8. The second kappa shape index (κ2) is 6.49. The number of nitrogens with one attached hydrogen (secondary N) is 1. The van der Waals surface area contributed by atoms with Gasteiger partial charge in [0.2, 0.25) is 0 Å². The van der Waals surface area contributed by atoms with Gasteiger partial charge in [0.1, 0.15) is 5.82 Å². The maximum Gasteiger partial charge on any atom is 0.123 e. The Morgan fingerprint density at radius 1 is 1.26 bits per heavy atom. The average Bonchev–Trinajstić information content (AvgIpc) is 2.87. The molecule has 0 amide bonds. The van der Waals surface area contributed by atoms with E-state index in [4.69, 9.17) is 0 Å². The molecule has 0 saturated heterocycles.